The highest BCUT2D eigenvalue weighted by molar-refractivity contribution is 5.84. The van der Waals surface area contributed by atoms with Crippen LogP contribution in [0, 0.1) is 0 Å². The third kappa shape index (κ3) is 9.45. The van der Waals surface area contributed by atoms with E-state index in [0.717, 1.165) is 23.5 Å². The van der Waals surface area contributed by atoms with E-state index in [-0.39, 0.29) is 12.5 Å². The van der Waals surface area contributed by atoms with Gasteiger partial charge in [0.05, 0.1) is 19.8 Å². The summed E-state index contributed by atoms with van der Waals surface area (Å²) in [6.45, 7) is 9.50. The predicted octanol–water partition coefficient (Wildman–Crippen LogP) is 1.34. The highest BCUT2D eigenvalue weighted by Gasteiger charge is 2.07. The van der Waals surface area contributed by atoms with E-state index in [2.05, 4.69) is 20.9 Å². The number of amides is 1. The molecule has 28 heavy (non-hydrogen) atoms. The molecule has 0 saturated heterocycles. The zero-order chi connectivity index (χ0) is 20.6. The van der Waals surface area contributed by atoms with Crippen molar-refractivity contribution in [3.8, 4) is 11.5 Å². The average molecular weight is 395 g/mol. The Hall–Kier alpha value is -2.48. The molecule has 3 N–H and O–H groups in total. The molecule has 0 aliphatic heterocycles. The lowest BCUT2D eigenvalue weighted by molar-refractivity contribution is -0.119. The molecular formula is C20H34N4O4. The molecule has 0 heterocycles. The Labute approximate surface area is 168 Å². The van der Waals surface area contributed by atoms with Crippen LogP contribution in [-0.2, 0) is 16.0 Å². The predicted molar refractivity (Wildman–Crippen MR) is 111 cm³/mol. The van der Waals surface area contributed by atoms with E-state index in [9.17, 15) is 4.79 Å². The van der Waals surface area contributed by atoms with Crippen molar-refractivity contribution in [1.29, 1.82) is 0 Å². The summed E-state index contributed by atoms with van der Waals surface area (Å²) < 4.78 is 16.2. The summed E-state index contributed by atoms with van der Waals surface area (Å²) in [6, 6.07) is 5.97. The molecule has 0 unspecified atom stereocenters. The number of nitrogens with one attached hydrogen (secondary N) is 3. The van der Waals surface area contributed by atoms with Gasteiger partial charge in [0, 0.05) is 26.7 Å². The smallest absolute Gasteiger partial charge is 0.241 e. The van der Waals surface area contributed by atoms with E-state index in [0.29, 0.717) is 45.4 Å². The average Bonchev–Trinajstić information content (AvgIpc) is 2.68. The highest BCUT2D eigenvalue weighted by Crippen LogP contribution is 2.28. The zero-order valence-corrected chi connectivity index (χ0v) is 17.5. The van der Waals surface area contributed by atoms with Crippen LogP contribution in [0.1, 0.15) is 26.3 Å². The first-order valence-electron chi connectivity index (χ1n) is 9.80. The van der Waals surface area contributed by atoms with Crippen LogP contribution in [0.4, 0.5) is 0 Å². The molecule has 8 nitrogen and oxygen atoms in total. The molecule has 0 radical (unpaired) electrons. The van der Waals surface area contributed by atoms with Crippen LogP contribution in [0.5, 0.6) is 11.5 Å². The van der Waals surface area contributed by atoms with Gasteiger partial charge in [-0.1, -0.05) is 6.07 Å². The molecule has 0 saturated carbocycles. The number of carbonyl (C=O) groups excluding carboxylic acids is 1. The standard InChI is InChI=1S/C20H34N4O4/c1-5-21-20(24-15-19(25)22-12-13-26-4)23-11-10-16-8-9-17(27-6-2)18(14-16)28-7-3/h8-9,14H,5-7,10-13,15H2,1-4H3,(H,22,25)(H2,21,23,24). The maximum Gasteiger partial charge on any atom is 0.241 e. The lowest BCUT2D eigenvalue weighted by Gasteiger charge is -2.14. The first-order chi connectivity index (χ1) is 13.6. The monoisotopic (exact) mass is 394 g/mol. The second-order valence-electron chi connectivity index (χ2n) is 5.86. The summed E-state index contributed by atoms with van der Waals surface area (Å²) in [6.07, 6.45) is 0.789. The molecule has 1 aromatic rings. The highest BCUT2D eigenvalue weighted by atomic mass is 16.5. The molecule has 1 amide bonds. The molecule has 158 valence electrons. The van der Waals surface area contributed by atoms with Crippen LogP contribution in [-0.4, -0.2) is 65.0 Å². The molecule has 0 fully saturated rings. The second-order valence-corrected chi connectivity index (χ2v) is 5.86. The van der Waals surface area contributed by atoms with Gasteiger partial charge < -0.3 is 30.2 Å². The molecule has 0 aliphatic rings. The lowest BCUT2D eigenvalue weighted by atomic mass is 10.1. The molecule has 0 spiro atoms. The van der Waals surface area contributed by atoms with Crippen molar-refractivity contribution in [2.75, 3.05) is 53.1 Å². The molecule has 1 aromatic carbocycles. The van der Waals surface area contributed by atoms with Gasteiger partial charge in [-0.15, -0.1) is 0 Å². The van der Waals surface area contributed by atoms with Gasteiger partial charge >= 0.3 is 0 Å². The quantitative estimate of drug-likeness (QED) is 0.266. The van der Waals surface area contributed by atoms with Crippen molar-refractivity contribution in [3.05, 3.63) is 23.8 Å². The molecule has 0 bridgehead atoms. The minimum Gasteiger partial charge on any atom is -0.490 e. The number of carbonyl (C=O) groups is 1. The molecule has 0 atom stereocenters. The van der Waals surface area contributed by atoms with Crippen LogP contribution in [0.25, 0.3) is 0 Å². The van der Waals surface area contributed by atoms with Gasteiger partial charge in [-0.2, -0.15) is 0 Å². The third-order valence-electron chi connectivity index (χ3n) is 3.67. The van der Waals surface area contributed by atoms with Crippen molar-refractivity contribution in [1.82, 2.24) is 16.0 Å². The number of rotatable bonds is 13. The fourth-order valence-corrected chi connectivity index (χ4v) is 2.42. The van der Waals surface area contributed by atoms with Crippen molar-refractivity contribution < 1.29 is 19.0 Å². The van der Waals surface area contributed by atoms with Gasteiger partial charge in [0.25, 0.3) is 0 Å². The summed E-state index contributed by atoms with van der Waals surface area (Å²) in [5, 5.41) is 9.13. The van der Waals surface area contributed by atoms with Crippen molar-refractivity contribution >= 4 is 11.9 Å². The van der Waals surface area contributed by atoms with Crippen LogP contribution in [0.2, 0.25) is 0 Å². The number of hydrogen-bond donors (Lipinski definition) is 3. The van der Waals surface area contributed by atoms with Crippen molar-refractivity contribution in [2.24, 2.45) is 4.99 Å². The number of aliphatic imine (C=N–C) groups is 1. The normalized spacial score (nSPS) is 11.1. The lowest BCUT2D eigenvalue weighted by Crippen LogP contribution is -2.39. The van der Waals surface area contributed by atoms with Crippen LogP contribution < -0.4 is 25.4 Å². The largest absolute Gasteiger partial charge is 0.490 e. The maximum atomic E-state index is 11.8. The Bertz CT molecular complexity index is 608. The Kier molecular flexibility index (Phi) is 12.3. The van der Waals surface area contributed by atoms with Crippen molar-refractivity contribution in [2.45, 2.75) is 27.2 Å². The van der Waals surface area contributed by atoms with E-state index in [1.165, 1.54) is 0 Å². The van der Waals surface area contributed by atoms with Crippen LogP contribution in [0.15, 0.2) is 23.2 Å². The van der Waals surface area contributed by atoms with E-state index in [4.69, 9.17) is 14.2 Å². The first kappa shape index (κ1) is 23.6. The Morgan fingerprint density at radius 3 is 2.43 bits per heavy atom. The molecule has 8 heteroatoms. The molecule has 1 rings (SSSR count). The number of guanidine groups is 1. The summed E-state index contributed by atoms with van der Waals surface area (Å²) >= 11 is 0. The fourth-order valence-electron chi connectivity index (χ4n) is 2.42. The van der Waals surface area contributed by atoms with Gasteiger partial charge in [0.2, 0.25) is 5.91 Å². The number of methoxy groups -OCH3 is 1. The first-order valence-corrected chi connectivity index (χ1v) is 9.80. The molecular weight excluding hydrogens is 360 g/mol. The van der Waals surface area contributed by atoms with E-state index in [1.807, 2.05) is 39.0 Å². The summed E-state index contributed by atoms with van der Waals surface area (Å²) in [7, 11) is 1.60. The number of benzene rings is 1. The Morgan fingerprint density at radius 1 is 1.00 bits per heavy atom. The fraction of sp³-hybridized carbons (Fsp3) is 0.600. The topological polar surface area (TPSA) is 93.2 Å². The van der Waals surface area contributed by atoms with Gasteiger partial charge in [0.15, 0.2) is 17.5 Å². The molecule has 0 aromatic heterocycles. The van der Waals surface area contributed by atoms with Crippen LogP contribution >= 0.6 is 0 Å². The maximum absolute atomic E-state index is 11.8. The molecule has 0 aliphatic carbocycles. The van der Waals surface area contributed by atoms with Crippen molar-refractivity contribution in [3.63, 3.8) is 0 Å². The summed E-state index contributed by atoms with van der Waals surface area (Å²) in [4.78, 5) is 16.1. The Morgan fingerprint density at radius 2 is 1.75 bits per heavy atom. The SMILES string of the molecule is CCNC(=NCC(=O)NCCOC)NCCc1ccc(OCC)c(OCC)c1. The number of hydrogen-bond acceptors (Lipinski definition) is 5. The van der Waals surface area contributed by atoms with E-state index < -0.39 is 0 Å². The van der Waals surface area contributed by atoms with Gasteiger partial charge in [-0.25, -0.2) is 4.99 Å². The number of nitrogens with zero attached hydrogens (tertiary/aromatic N) is 1. The minimum absolute atomic E-state index is 0.0661. The van der Waals surface area contributed by atoms with Crippen LogP contribution in [0.3, 0.4) is 0 Å². The van der Waals surface area contributed by atoms with E-state index in [1.54, 1.807) is 7.11 Å². The zero-order valence-electron chi connectivity index (χ0n) is 17.5. The third-order valence-corrected chi connectivity index (χ3v) is 3.67. The van der Waals surface area contributed by atoms with Gasteiger partial charge in [-0.3, -0.25) is 4.79 Å². The number of ether oxygens (including phenoxy) is 3. The van der Waals surface area contributed by atoms with Gasteiger partial charge in [0.1, 0.15) is 6.54 Å². The summed E-state index contributed by atoms with van der Waals surface area (Å²) in [5.74, 6) is 1.99. The van der Waals surface area contributed by atoms with Gasteiger partial charge in [-0.05, 0) is 44.9 Å². The van der Waals surface area contributed by atoms with E-state index >= 15 is 0 Å². The second kappa shape index (κ2) is 14.6. The summed E-state index contributed by atoms with van der Waals surface area (Å²) in [5.41, 5.74) is 1.13. The minimum atomic E-state index is -0.137. The Balaban J connectivity index is 2.56.